The number of hydrogen-bond donors (Lipinski definition) is 3. The standard InChI is InChI=1S/C41H45N9O6/c42-38-36-37(27-6-9-32(10-7-27)56-31-4-2-1-3-5-31)47-50(39(36)45-26-44-38)30-14-17-48(18-15-30)19-21-55-23-22-54-20-16-43-29-8-11-33-28(24-29)25-49(41(33)53)34-12-13-35(51)46-40(34)52/h1-11,24,26,30,34,43H,12-23,25H2,(H2,42,44,45)(H,46,51,52). The molecule has 2 saturated heterocycles. The van der Waals surface area contributed by atoms with E-state index in [1.54, 1.807) is 11.0 Å². The Bertz CT molecular complexity index is 2190. The molecule has 2 aromatic heterocycles. The van der Waals surface area contributed by atoms with Crippen molar-refractivity contribution >= 4 is 40.3 Å². The SMILES string of the molecule is Nc1ncnc2c1c(-c1ccc(Oc3ccccc3)cc1)nn2C1CCN(CCOCCOCCNc2ccc3c(c2)CN(C2CCC(=O)NC2=O)C3=O)CC1. The fraction of sp³-hybridized carbons (Fsp3) is 0.366. The number of ether oxygens (including phenoxy) is 3. The van der Waals surface area contributed by atoms with Crippen LogP contribution in [-0.2, 0) is 25.6 Å². The van der Waals surface area contributed by atoms with Gasteiger partial charge in [0.25, 0.3) is 5.91 Å². The van der Waals surface area contributed by atoms with Crippen LogP contribution in [0.1, 0.15) is 47.6 Å². The van der Waals surface area contributed by atoms with E-state index in [-0.39, 0.29) is 24.3 Å². The molecule has 1 unspecified atom stereocenters. The molecule has 1 atom stereocenters. The first-order valence-corrected chi connectivity index (χ1v) is 19.1. The van der Waals surface area contributed by atoms with Crippen LogP contribution in [0.2, 0.25) is 0 Å². The van der Waals surface area contributed by atoms with Crippen molar-refractivity contribution in [2.75, 3.05) is 63.7 Å². The lowest BCUT2D eigenvalue weighted by Crippen LogP contribution is -2.52. The Balaban J connectivity index is 0.739. The summed E-state index contributed by atoms with van der Waals surface area (Å²) in [5.41, 5.74) is 11.1. The largest absolute Gasteiger partial charge is 0.457 e. The highest BCUT2D eigenvalue weighted by Gasteiger charge is 2.39. The van der Waals surface area contributed by atoms with Gasteiger partial charge >= 0.3 is 0 Å². The summed E-state index contributed by atoms with van der Waals surface area (Å²) >= 11 is 0. The summed E-state index contributed by atoms with van der Waals surface area (Å²) in [6.07, 6.45) is 3.94. The first-order chi connectivity index (χ1) is 27.4. The average molecular weight is 760 g/mol. The topological polar surface area (TPSA) is 179 Å². The highest BCUT2D eigenvalue weighted by atomic mass is 16.5. The van der Waals surface area contributed by atoms with Crippen molar-refractivity contribution in [3.05, 3.63) is 90.3 Å². The highest BCUT2D eigenvalue weighted by molar-refractivity contribution is 6.05. The number of nitrogens with two attached hydrogens (primary N) is 1. The van der Waals surface area contributed by atoms with Gasteiger partial charge in [0.2, 0.25) is 11.8 Å². The van der Waals surface area contributed by atoms with Crippen molar-refractivity contribution in [3.63, 3.8) is 0 Å². The number of carbonyl (C=O) groups excluding carboxylic acids is 3. The first kappa shape index (κ1) is 37.0. The summed E-state index contributed by atoms with van der Waals surface area (Å²) in [4.78, 5) is 49.6. The van der Waals surface area contributed by atoms with E-state index < -0.39 is 11.9 Å². The van der Waals surface area contributed by atoms with Crippen molar-refractivity contribution in [1.82, 2.24) is 34.9 Å². The molecular weight excluding hydrogens is 715 g/mol. The number of nitrogen functional groups attached to an aromatic ring is 1. The number of amides is 3. The molecule has 0 spiro atoms. The van der Waals surface area contributed by atoms with Crippen LogP contribution >= 0.6 is 0 Å². The predicted octanol–water partition coefficient (Wildman–Crippen LogP) is 4.41. The van der Waals surface area contributed by atoms with E-state index in [4.69, 9.17) is 25.0 Å². The molecule has 8 rings (SSSR count). The Hall–Kier alpha value is -5.90. The van der Waals surface area contributed by atoms with Gasteiger partial charge in [-0.25, -0.2) is 14.6 Å². The molecule has 0 radical (unpaired) electrons. The Labute approximate surface area is 324 Å². The van der Waals surface area contributed by atoms with Crippen LogP contribution in [0.3, 0.4) is 0 Å². The molecule has 3 aromatic carbocycles. The summed E-state index contributed by atoms with van der Waals surface area (Å²) < 4.78 is 19.7. The molecule has 4 N–H and O–H groups in total. The van der Waals surface area contributed by atoms with Gasteiger partial charge in [0, 0.05) is 56.0 Å². The van der Waals surface area contributed by atoms with Crippen LogP contribution in [0.4, 0.5) is 11.5 Å². The average Bonchev–Trinajstić information content (AvgIpc) is 3.76. The number of likely N-dealkylation sites (tertiary alicyclic amines) is 1. The normalized spacial score (nSPS) is 17.7. The molecule has 15 heteroatoms. The monoisotopic (exact) mass is 759 g/mol. The third-order valence-electron chi connectivity index (χ3n) is 10.6. The van der Waals surface area contributed by atoms with E-state index in [1.165, 1.54) is 6.33 Å². The van der Waals surface area contributed by atoms with Gasteiger partial charge < -0.3 is 35.1 Å². The molecule has 3 aliphatic rings. The van der Waals surface area contributed by atoms with Crippen molar-refractivity contribution in [1.29, 1.82) is 0 Å². The smallest absolute Gasteiger partial charge is 0.255 e. The lowest BCUT2D eigenvalue weighted by molar-refractivity contribution is -0.136. The fourth-order valence-corrected chi connectivity index (χ4v) is 7.61. The molecule has 3 amide bonds. The van der Waals surface area contributed by atoms with Gasteiger partial charge in [0.1, 0.15) is 35.4 Å². The van der Waals surface area contributed by atoms with E-state index in [9.17, 15) is 14.4 Å². The molecule has 2 fully saturated rings. The predicted molar refractivity (Wildman–Crippen MR) is 209 cm³/mol. The summed E-state index contributed by atoms with van der Waals surface area (Å²) in [6.45, 7) is 5.76. The van der Waals surface area contributed by atoms with E-state index >= 15 is 0 Å². The van der Waals surface area contributed by atoms with Crippen molar-refractivity contribution in [2.24, 2.45) is 0 Å². The van der Waals surface area contributed by atoms with Gasteiger partial charge in [0.15, 0.2) is 5.65 Å². The van der Waals surface area contributed by atoms with Gasteiger partial charge in [-0.3, -0.25) is 19.7 Å². The number of nitrogens with zero attached hydrogens (tertiary/aromatic N) is 6. The Kier molecular flexibility index (Phi) is 11.1. The zero-order chi connectivity index (χ0) is 38.4. The number of fused-ring (bicyclic) bond motifs is 2. The van der Waals surface area contributed by atoms with E-state index in [1.807, 2.05) is 71.4 Å². The van der Waals surface area contributed by atoms with Crippen LogP contribution in [0, 0.1) is 0 Å². The number of hydrogen-bond acceptors (Lipinski definition) is 12. The lowest BCUT2D eigenvalue weighted by Gasteiger charge is -2.32. The number of rotatable bonds is 15. The molecule has 5 heterocycles. The number of aromatic nitrogens is 4. The number of carbonyl (C=O) groups is 3. The molecule has 5 aromatic rings. The highest BCUT2D eigenvalue weighted by Crippen LogP contribution is 2.35. The zero-order valence-electron chi connectivity index (χ0n) is 31.1. The number of anilines is 2. The molecule has 56 heavy (non-hydrogen) atoms. The Morgan fingerprint density at radius 1 is 0.857 bits per heavy atom. The molecule has 290 valence electrons. The number of benzene rings is 3. The maximum atomic E-state index is 12.9. The summed E-state index contributed by atoms with van der Waals surface area (Å²) in [7, 11) is 0. The zero-order valence-corrected chi connectivity index (χ0v) is 31.1. The maximum Gasteiger partial charge on any atom is 0.255 e. The number of para-hydroxylation sites is 1. The van der Waals surface area contributed by atoms with Crippen LogP contribution in [0.25, 0.3) is 22.3 Å². The molecule has 0 aliphatic carbocycles. The summed E-state index contributed by atoms with van der Waals surface area (Å²) in [5.74, 6) is 1.04. The number of nitrogens with one attached hydrogen (secondary N) is 2. The minimum absolute atomic E-state index is 0.179. The molecule has 0 saturated carbocycles. The van der Waals surface area contributed by atoms with Crippen LogP contribution in [0.15, 0.2) is 79.1 Å². The van der Waals surface area contributed by atoms with Gasteiger partial charge in [-0.05, 0) is 79.4 Å². The van der Waals surface area contributed by atoms with Crippen LogP contribution < -0.4 is 21.1 Å². The van der Waals surface area contributed by atoms with E-state index in [0.29, 0.717) is 57.3 Å². The van der Waals surface area contributed by atoms with Crippen molar-refractivity contribution in [3.8, 4) is 22.8 Å². The number of piperidine rings is 2. The van der Waals surface area contributed by atoms with Crippen LogP contribution in [0.5, 0.6) is 11.5 Å². The minimum atomic E-state index is -0.621. The van der Waals surface area contributed by atoms with Crippen molar-refractivity contribution < 1.29 is 28.6 Å². The Morgan fingerprint density at radius 2 is 1.62 bits per heavy atom. The summed E-state index contributed by atoms with van der Waals surface area (Å²) in [6, 6.07) is 22.7. The van der Waals surface area contributed by atoms with Gasteiger partial charge in [-0.2, -0.15) is 5.10 Å². The quantitative estimate of drug-likeness (QED) is 0.101. The van der Waals surface area contributed by atoms with Gasteiger partial charge in [-0.1, -0.05) is 18.2 Å². The lowest BCUT2D eigenvalue weighted by atomic mass is 10.0. The van der Waals surface area contributed by atoms with Crippen LogP contribution in [-0.4, -0.2) is 106 Å². The van der Waals surface area contributed by atoms with E-state index in [0.717, 1.165) is 77.5 Å². The maximum absolute atomic E-state index is 12.9. The second-order valence-electron chi connectivity index (χ2n) is 14.2. The number of imide groups is 1. The Morgan fingerprint density at radius 3 is 2.41 bits per heavy atom. The third-order valence-corrected chi connectivity index (χ3v) is 10.6. The molecule has 15 nitrogen and oxygen atoms in total. The third kappa shape index (κ3) is 8.20. The molecular formula is C41H45N9O6. The summed E-state index contributed by atoms with van der Waals surface area (Å²) in [5, 5.41) is 11.5. The molecule has 0 bridgehead atoms. The minimum Gasteiger partial charge on any atom is -0.457 e. The van der Waals surface area contributed by atoms with Gasteiger partial charge in [0.05, 0.1) is 37.9 Å². The van der Waals surface area contributed by atoms with Gasteiger partial charge in [-0.15, -0.1) is 0 Å². The second kappa shape index (κ2) is 16.9. The second-order valence-corrected chi connectivity index (χ2v) is 14.2. The first-order valence-electron chi connectivity index (χ1n) is 19.1. The van der Waals surface area contributed by atoms with Crippen molar-refractivity contribution in [2.45, 2.75) is 44.3 Å². The molecule has 3 aliphatic heterocycles. The fourth-order valence-electron chi connectivity index (χ4n) is 7.61. The van der Waals surface area contributed by atoms with E-state index in [2.05, 4.69) is 25.5 Å².